The molecular formula is C15H22FN3O. The molecule has 4 nitrogen and oxygen atoms in total. The van der Waals surface area contributed by atoms with Gasteiger partial charge in [-0.3, -0.25) is 9.69 Å². The zero-order chi connectivity index (χ0) is 14.7. The van der Waals surface area contributed by atoms with Gasteiger partial charge < -0.3 is 11.1 Å². The third kappa shape index (κ3) is 3.70. The molecule has 1 heterocycles. The SMILES string of the molecule is CC1CCN(CC(=O)Nc2ccc(F)c(N)c2)C(C)C1. The number of hydrogen-bond acceptors (Lipinski definition) is 3. The summed E-state index contributed by atoms with van der Waals surface area (Å²) in [6.07, 6.45) is 2.25. The summed E-state index contributed by atoms with van der Waals surface area (Å²) < 4.78 is 13.1. The number of anilines is 2. The van der Waals surface area contributed by atoms with Crippen molar-refractivity contribution in [3.63, 3.8) is 0 Å². The van der Waals surface area contributed by atoms with Gasteiger partial charge in [0.1, 0.15) is 5.82 Å². The highest BCUT2D eigenvalue weighted by Gasteiger charge is 2.24. The molecule has 1 fully saturated rings. The Morgan fingerprint density at radius 2 is 2.25 bits per heavy atom. The minimum atomic E-state index is -0.471. The van der Waals surface area contributed by atoms with Gasteiger partial charge in [-0.15, -0.1) is 0 Å². The number of amides is 1. The lowest BCUT2D eigenvalue weighted by atomic mass is 9.93. The van der Waals surface area contributed by atoms with E-state index in [2.05, 4.69) is 24.1 Å². The van der Waals surface area contributed by atoms with Crippen LogP contribution in [-0.2, 0) is 4.79 Å². The highest BCUT2D eigenvalue weighted by atomic mass is 19.1. The number of carbonyl (C=O) groups is 1. The predicted octanol–water partition coefficient (Wildman–Crippen LogP) is 2.47. The first-order valence-electron chi connectivity index (χ1n) is 7.04. The van der Waals surface area contributed by atoms with Gasteiger partial charge in [0.15, 0.2) is 0 Å². The number of hydrogen-bond donors (Lipinski definition) is 2. The fraction of sp³-hybridized carbons (Fsp3) is 0.533. The van der Waals surface area contributed by atoms with Crippen LogP contribution in [0.15, 0.2) is 18.2 Å². The fourth-order valence-electron chi connectivity index (χ4n) is 2.70. The van der Waals surface area contributed by atoms with E-state index in [9.17, 15) is 9.18 Å². The van der Waals surface area contributed by atoms with Crippen molar-refractivity contribution in [2.75, 3.05) is 24.1 Å². The summed E-state index contributed by atoms with van der Waals surface area (Å²) >= 11 is 0. The normalized spacial score (nSPS) is 23.6. The molecular weight excluding hydrogens is 257 g/mol. The summed E-state index contributed by atoms with van der Waals surface area (Å²) in [5.41, 5.74) is 6.06. The lowest BCUT2D eigenvalue weighted by Crippen LogP contribution is -2.44. The van der Waals surface area contributed by atoms with Gasteiger partial charge in [-0.05, 0) is 50.4 Å². The highest BCUT2D eigenvalue weighted by Crippen LogP contribution is 2.22. The minimum absolute atomic E-state index is 0.0444. The lowest BCUT2D eigenvalue weighted by Gasteiger charge is -2.35. The molecule has 5 heteroatoms. The Bertz CT molecular complexity index is 492. The van der Waals surface area contributed by atoms with Gasteiger partial charge in [0, 0.05) is 11.7 Å². The average Bonchev–Trinajstić information content (AvgIpc) is 2.37. The Morgan fingerprint density at radius 3 is 2.90 bits per heavy atom. The van der Waals surface area contributed by atoms with Gasteiger partial charge in [0.05, 0.1) is 12.2 Å². The molecule has 2 atom stereocenters. The van der Waals surface area contributed by atoms with Crippen LogP contribution in [0.5, 0.6) is 0 Å². The molecule has 0 spiro atoms. The van der Waals surface area contributed by atoms with Gasteiger partial charge in [-0.1, -0.05) is 6.92 Å². The van der Waals surface area contributed by atoms with Crippen molar-refractivity contribution < 1.29 is 9.18 Å². The first-order valence-corrected chi connectivity index (χ1v) is 7.04. The minimum Gasteiger partial charge on any atom is -0.396 e. The number of benzene rings is 1. The fourth-order valence-corrected chi connectivity index (χ4v) is 2.70. The van der Waals surface area contributed by atoms with Crippen LogP contribution in [0, 0.1) is 11.7 Å². The summed E-state index contributed by atoms with van der Waals surface area (Å²) in [6.45, 7) is 5.71. The van der Waals surface area contributed by atoms with Crippen LogP contribution in [0.25, 0.3) is 0 Å². The van der Waals surface area contributed by atoms with Crippen LogP contribution in [0.3, 0.4) is 0 Å². The number of nitrogen functional groups attached to an aromatic ring is 1. The Hall–Kier alpha value is -1.62. The van der Waals surface area contributed by atoms with Crippen molar-refractivity contribution in [1.82, 2.24) is 4.90 Å². The zero-order valence-electron chi connectivity index (χ0n) is 12.0. The van der Waals surface area contributed by atoms with Crippen LogP contribution in [0.1, 0.15) is 26.7 Å². The van der Waals surface area contributed by atoms with E-state index < -0.39 is 5.82 Å². The number of nitrogens with two attached hydrogens (primary N) is 1. The van der Waals surface area contributed by atoms with Crippen LogP contribution in [0.4, 0.5) is 15.8 Å². The largest absolute Gasteiger partial charge is 0.396 e. The molecule has 1 aliphatic rings. The number of halogens is 1. The number of rotatable bonds is 3. The Kier molecular flexibility index (Phi) is 4.60. The lowest BCUT2D eigenvalue weighted by molar-refractivity contribution is -0.118. The second kappa shape index (κ2) is 6.22. The summed E-state index contributed by atoms with van der Waals surface area (Å²) in [4.78, 5) is 14.2. The third-order valence-electron chi connectivity index (χ3n) is 3.90. The molecule has 1 aliphatic heterocycles. The third-order valence-corrected chi connectivity index (χ3v) is 3.90. The molecule has 20 heavy (non-hydrogen) atoms. The molecule has 2 unspecified atom stereocenters. The van der Waals surface area contributed by atoms with Crippen LogP contribution in [-0.4, -0.2) is 29.9 Å². The molecule has 1 aromatic carbocycles. The van der Waals surface area contributed by atoms with E-state index in [0.29, 0.717) is 18.3 Å². The smallest absolute Gasteiger partial charge is 0.238 e. The Balaban J connectivity index is 1.90. The number of likely N-dealkylation sites (tertiary alicyclic amines) is 1. The number of piperidine rings is 1. The molecule has 0 radical (unpaired) electrons. The Morgan fingerprint density at radius 1 is 1.50 bits per heavy atom. The molecule has 0 aliphatic carbocycles. The summed E-state index contributed by atoms with van der Waals surface area (Å²) in [7, 11) is 0. The predicted molar refractivity (Wildman–Crippen MR) is 78.9 cm³/mol. The van der Waals surface area contributed by atoms with E-state index >= 15 is 0 Å². The van der Waals surface area contributed by atoms with E-state index in [1.807, 2.05) is 0 Å². The molecule has 2 rings (SSSR count). The highest BCUT2D eigenvalue weighted by molar-refractivity contribution is 5.92. The molecule has 0 bridgehead atoms. The topological polar surface area (TPSA) is 58.4 Å². The molecule has 3 N–H and O–H groups in total. The number of nitrogens with zero attached hydrogens (tertiary/aromatic N) is 1. The molecule has 0 saturated carbocycles. The molecule has 1 aromatic rings. The molecule has 1 saturated heterocycles. The van der Waals surface area contributed by atoms with Crippen LogP contribution >= 0.6 is 0 Å². The number of nitrogens with one attached hydrogen (secondary N) is 1. The van der Waals surface area contributed by atoms with E-state index in [1.165, 1.54) is 18.2 Å². The first-order chi connectivity index (χ1) is 9.45. The van der Waals surface area contributed by atoms with Gasteiger partial charge in [-0.2, -0.15) is 0 Å². The maximum Gasteiger partial charge on any atom is 0.238 e. The second-order valence-electron chi connectivity index (χ2n) is 5.73. The molecule has 0 aromatic heterocycles. The molecule has 1 amide bonds. The standard InChI is InChI=1S/C15H22FN3O/c1-10-5-6-19(11(2)7-10)9-15(20)18-12-3-4-13(16)14(17)8-12/h3-4,8,10-11H,5-7,9,17H2,1-2H3,(H,18,20). The maximum atomic E-state index is 13.1. The van der Waals surface area contributed by atoms with Crippen LogP contribution < -0.4 is 11.1 Å². The molecule has 110 valence electrons. The maximum absolute atomic E-state index is 13.1. The van der Waals surface area contributed by atoms with E-state index in [0.717, 1.165) is 25.3 Å². The van der Waals surface area contributed by atoms with Crippen molar-refractivity contribution in [2.24, 2.45) is 5.92 Å². The van der Waals surface area contributed by atoms with E-state index in [4.69, 9.17) is 5.73 Å². The van der Waals surface area contributed by atoms with Gasteiger partial charge in [0.25, 0.3) is 0 Å². The van der Waals surface area contributed by atoms with Gasteiger partial charge >= 0.3 is 0 Å². The van der Waals surface area contributed by atoms with Crippen LogP contribution in [0.2, 0.25) is 0 Å². The van der Waals surface area contributed by atoms with Crippen molar-refractivity contribution in [3.8, 4) is 0 Å². The monoisotopic (exact) mass is 279 g/mol. The Labute approximate surface area is 119 Å². The van der Waals surface area contributed by atoms with Crippen molar-refractivity contribution in [1.29, 1.82) is 0 Å². The van der Waals surface area contributed by atoms with E-state index in [1.54, 1.807) is 0 Å². The van der Waals surface area contributed by atoms with Crippen molar-refractivity contribution in [3.05, 3.63) is 24.0 Å². The van der Waals surface area contributed by atoms with Gasteiger partial charge in [-0.25, -0.2) is 4.39 Å². The number of carbonyl (C=O) groups excluding carboxylic acids is 1. The summed E-state index contributed by atoms with van der Waals surface area (Å²) in [5.74, 6) is 0.167. The first kappa shape index (κ1) is 14.8. The van der Waals surface area contributed by atoms with Crippen molar-refractivity contribution >= 4 is 17.3 Å². The average molecular weight is 279 g/mol. The summed E-state index contributed by atoms with van der Waals surface area (Å²) in [5, 5.41) is 2.76. The van der Waals surface area contributed by atoms with Crippen molar-refractivity contribution in [2.45, 2.75) is 32.7 Å². The zero-order valence-corrected chi connectivity index (χ0v) is 12.0. The van der Waals surface area contributed by atoms with E-state index in [-0.39, 0.29) is 11.6 Å². The quantitative estimate of drug-likeness (QED) is 0.836. The second-order valence-corrected chi connectivity index (χ2v) is 5.73. The summed E-state index contributed by atoms with van der Waals surface area (Å²) in [6, 6.07) is 4.64. The van der Waals surface area contributed by atoms with Gasteiger partial charge in [0.2, 0.25) is 5.91 Å².